The van der Waals surface area contributed by atoms with Crippen LogP contribution in [0.3, 0.4) is 0 Å². The van der Waals surface area contributed by atoms with Crippen LogP contribution in [0.4, 0.5) is 24.0 Å². The Hall–Kier alpha value is -3.14. The number of fused-ring (bicyclic) bond motifs is 2. The minimum absolute atomic E-state index is 0.0124. The zero-order valence-corrected chi connectivity index (χ0v) is 16.7. The van der Waals surface area contributed by atoms with Crippen LogP contribution >= 0.6 is 11.3 Å². The van der Waals surface area contributed by atoms with Crippen molar-refractivity contribution < 1.29 is 32.2 Å². The molecule has 10 heteroatoms. The van der Waals surface area contributed by atoms with Crippen molar-refractivity contribution in [3.63, 3.8) is 0 Å². The van der Waals surface area contributed by atoms with Crippen molar-refractivity contribution in [3.8, 4) is 5.75 Å². The summed E-state index contributed by atoms with van der Waals surface area (Å²) in [5, 5.41) is -0.149. The van der Waals surface area contributed by atoms with Gasteiger partial charge in [0.05, 0.1) is 17.7 Å². The SMILES string of the molecule is CCOC(=O)CC1(C)Oc2cccc(F)c2N(c2nc3c(F)ccc(F)c3s2)C1=O. The lowest BCUT2D eigenvalue weighted by atomic mass is 9.97. The summed E-state index contributed by atoms with van der Waals surface area (Å²) in [5.74, 6) is -3.81. The molecule has 0 N–H and O–H groups in total. The minimum Gasteiger partial charge on any atom is -0.475 e. The van der Waals surface area contributed by atoms with Crippen molar-refractivity contribution in [2.75, 3.05) is 11.5 Å². The predicted octanol–water partition coefficient (Wildman–Crippen LogP) is 4.48. The Bertz CT molecular complexity index is 1140. The van der Waals surface area contributed by atoms with E-state index in [0.717, 1.165) is 23.1 Å². The summed E-state index contributed by atoms with van der Waals surface area (Å²) >= 11 is 0.691. The maximum absolute atomic E-state index is 14.7. The number of thiazole rings is 1. The number of hydrogen-bond acceptors (Lipinski definition) is 6. The van der Waals surface area contributed by atoms with E-state index in [1.54, 1.807) is 6.92 Å². The third kappa shape index (κ3) is 3.17. The maximum Gasteiger partial charge on any atom is 0.310 e. The highest BCUT2D eigenvalue weighted by molar-refractivity contribution is 7.22. The number of carbonyl (C=O) groups is 2. The number of anilines is 2. The number of aromatic nitrogens is 1. The van der Waals surface area contributed by atoms with Crippen LogP contribution in [0.1, 0.15) is 20.3 Å². The van der Waals surface area contributed by atoms with Crippen LogP contribution < -0.4 is 9.64 Å². The molecular formula is C20H15F3N2O4S. The molecule has 6 nitrogen and oxygen atoms in total. The van der Waals surface area contributed by atoms with Crippen molar-refractivity contribution in [2.45, 2.75) is 25.9 Å². The highest BCUT2D eigenvalue weighted by Gasteiger charge is 2.49. The van der Waals surface area contributed by atoms with Crippen LogP contribution in [0.25, 0.3) is 10.2 Å². The van der Waals surface area contributed by atoms with Crippen molar-refractivity contribution in [3.05, 3.63) is 47.8 Å². The number of hydrogen-bond donors (Lipinski definition) is 0. The van der Waals surface area contributed by atoms with Gasteiger partial charge in [0.2, 0.25) is 0 Å². The number of carbonyl (C=O) groups excluding carboxylic acids is 2. The first-order valence-corrected chi connectivity index (χ1v) is 9.79. The van der Waals surface area contributed by atoms with Crippen molar-refractivity contribution in [2.24, 2.45) is 0 Å². The van der Waals surface area contributed by atoms with Gasteiger partial charge in [-0.15, -0.1) is 0 Å². The first-order chi connectivity index (χ1) is 14.2. The van der Waals surface area contributed by atoms with E-state index in [4.69, 9.17) is 9.47 Å². The van der Waals surface area contributed by atoms with Crippen molar-refractivity contribution >= 4 is 44.2 Å². The molecular weight excluding hydrogens is 421 g/mol. The molecule has 3 aromatic rings. The first kappa shape index (κ1) is 20.1. The molecule has 0 spiro atoms. The van der Waals surface area contributed by atoms with Gasteiger partial charge >= 0.3 is 5.97 Å². The second kappa shape index (κ2) is 7.28. The fourth-order valence-electron chi connectivity index (χ4n) is 3.23. The third-order valence-corrected chi connectivity index (χ3v) is 5.63. The number of benzene rings is 2. The van der Waals surface area contributed by atoms with Gasteiger partial charge in [0.1, 0.15) is 22.8 Å². The molecule has 4 rings (SSSR count). The number of esters is 1. The average Bonchev–Trinajstić information content (AvgIpc) is 3.13. The Kier molecular flexibility index (Phi) is 4.89. The van der Waals surface area contributed by atoms with Gasteiger partial charge in [-0.1, -0.05) is 17.4 Å². The molecule has 156 valence electrons. The Morgan fingerprint density at radius 2 is 1.93 bits per heavy atom. The molecule has 0 aliphatic carbocycles. The van der Waals surface area contributed by atoms with Crippen LogP contribution in [0.2, 0.25) is 0 Å². The molecule has 1 amide bonds. The van der Waals surface area contributed by atoms with Crippen LogP contribution in [0.15, 0.2) is 30.3 Å². The van der Waals surface area contributed by atoms with Gasteiger partial charge in [0, 0.05) is 0 Å². The number of para-hydroxylation sites is 1. The molecule has 1 aliphatic heterocycles. The second-order valence-corrected chi connectivity index (χ2v) is 7.72. The monoisotopic (exact) mass is 436 g/mol. The minimum atomic E-state index is -1.73. The van der Waals surface area contributed by atoms with E-state index < -0.39 is 41.4 Å². The van der Waals surface area contributed by atoms with Crippen molar-refractivity contribution in [1.82, 2.24) is 4.98 Å². The van der Waals surface area contributed by atoms with E-state index in [-0.39, 0.29) is 33.4 Å². The fraction of sp³-hybridized carbons (Fsp3) is 0.250. The van der Waals surface area contributed by atoms with Gasteiger partial charge in [0.25, 0.3) is 5.91 Å². The maximum atomic E-state index is 14.7. The molecule has 0 saturated carbocycles. The molecule has 30 heavy (non-hydrogen) atoms. The summed E-state index contributed by atoms with van der Waals surface area (Å²) in [6.07, 6.45) is -0.445. The largest absolute Gasteiger partial charge is 0.475 e. The van der Waals surface area contributed by atoms with Crippen LogP contribution in [0, 0.1) is 17.5 Å². The Labute approximate surface area is 172 Å². The number of amides is 1. The summed E-state index contributed by atoms with van der Waals surface area (Å²) in [4.78, 5) is 30.3. The molecule has 0 radical (unpaired) electrons. The zero-order chi connectivity index (χ0) is 21.6. The standard InChI is InChI=1S/C20H15F3N2O4S/c1-3-28-14(26)9-20(2)18(27)25(16-11(22)5-4-6-13(16)29-20)19-24-15-10(21)7-8-12(23)17(15)30-19/h4-8H,3,9H2,1-2H3. The lowest BCUT2D eigenvalue weighted by Crippen LogP contribution is -2.54. The average molecular weight is 436 g/mol. The summed E-state index contributed by atoms with van der Waals surface area (Å²) in [7, 11) is 0. The van der Waals surface area contributed by atoms with Crippen LogP contribution in [-0.2, 0) is 14.3 Å². The van der Waals surface area contributed by atoms with E-state index >= 15 is 0 Å². The van der Waals surface area contributed by atoms with Gasteiger partial charge in [-0.05, 0) is 38.1 Å². The van der Waals surface area contributed by atoms with Gasteiger partial charge in [-0.3, -0.25) is 9.59 Å². The number of halogens is 3. The molecule has 1 aromatic heterocycles. The van der Waals surface area contributed by atoms with Crippen LogP contribution in [0.5, 0.6) is 5.75 Å². The zero-order valence-electron chi connectivity index (χ0n) is 15.9. The predicted molar refractivity (Wildman–Crippen MR) is 103 cm³/mol. The number of ether oxygens (including phenoxy) is 2. The van der Waals surface area contributed by atoms with Gasteiger partial charge < -0.3 is 9.47 Å². The lowest BCUT2D eigenvalue weighted by molar-refractivity contribution is -0.152. The molecule has 1 atom stereocenters. The van der Waals surface area contributed by atoms with Gasteiger partial charge in [-0.2, -0.15) is 0 Å². The molecule has 2 aromatic carbocycles. The van der Waals surface area contributed by atoms with E-state index in [2.05, 4.69) is 4.98 Å². The summed E-state index contributed by atoms with van der Waals surface area (Å²) in [5.41, 5.74) is -2.26. The Morgan fingerprint density at radius 3 is 2.63 bits per heavy atom. The molecule has 1 aliphatic rings. The quantitative estimate of drug-likeness (QED) is 0.564. The van der Waals surface area contributed by atoms with Crippen molar-refractivity contribution in [1.29, 1.82) is 0 Å². The Morgan fingerprint density at radius 1 is 1.20 bits per heavy atom. The summed E-state index contributed by atoms with van der Waals surface area (Å²) in [6.45, 7) is 3.08. The highest BCUT2D eigenvalue weighted by atomic mass is 32.1. The second-order valence-electron chi connectivity index (χ2n) is 6.75. The third-order valence-electron chi connectivity index (χ3n) is 4.58. The normalized spacial score (nSPS) is 18.3. The molecule has 0 fully saturated rings. The first-order valence-electron chi connectivity index (χ1n) is 8.97. The van der Waals surface area contributed by atoms with Crippen LogP contribution in [-0.4, -0.2) is 29.1 Å². The number of rotatable bonds is 4. The molecule has 2 heterocycles. The molecule has 1 unspecified atom stereocenters. The van der Waals surface area contributed by atoms with E-state index in [1.165, 1.54) is 19.1 Å². The Balaban J connectivity index is 1.89. The number of nitrogens with zero attached hydrogens (tertiary/aromatic N) is 2. The lowest BCUT2D eigenvalue weighted by Gasteiger charge is -2.39. The summed E-state index contributed by atoms with van der Waals surface area (Å²) in [6, 6.07) is 5.78. The van der Waals surface area contributed by atoms with E-state index in [0.29, 0.717) is 11.3 Å². The van der Waals surface area contributed by atoms with Gasteiger partial charge in [0.15, 0.2) is 22.4 Å². The topological polar surface area (TPSA) is 68.7 Å². The van der Waals surface area contributed by atoms with Gasteiger partial charge in [-0.25, -0.2) is 23.1 Å². The highest BCUT2D eigenvalue weighted by Crippen LogP contribution is 2.46. The smallest absolute Gasteiger partial charge is 0.310 e. The summed E-state index contributed by atoms with van der Waals surface area (Å²) < 4.78 is 53.5. The molecule has 0 saturated heterocycles. The van der Waals surface area contributed by atoms with E-state index in [1.807, 2.05) is 0 Å². The molecule has 0 bridgehead atoms. The van der Waals surface area contributed by atoms with E-state index in [9.17, 15) is 22.8 Å². The fourth-order valence-corrected chi connectivity index (χ4v) is 4.22.